The zero-order chi connectivity index (χ0) is 15.0. The average molecular weight is 292 g/mol. The zero-order valence-electron chi connectivity index (χ0n) is 11.6. The van der Waals surface area contributed by atoms with Gasteiger partial charge >= 0.3 is 6.18 Å². The third-order valence-corrected chi connectivity index (χ3v) is 2.54. The summed E-state index contributed by atoms with van der Waals surface area (Å²) in [4.78, 5) is 9.04. The maximum atomic E-state index is 12.4. The second-order valence-electron chi connectivity index (χ2n) is 4.19. The number of aromatic nitrogens is 2. The van der Waals surface area contributed by atoms with Crippen molar-refractivity contribution in [1.29, 1.82) is 0 Å². The fourth-order valence-corrected chi connectivity index (χ4v) is 1.55. The van der Waals surface area contributed by atoms with Gasteiger partial charge in [-0.15, -0.1) is 0 Å². The highest BCUT2D eigenvalue weighted by atomic mass is 19.4. The maximum Gasteiger partial charge on any atom is 0.406 e. The lowest BCUT2D eigenvalue weighted by atomic mass is 10.3. The molecule has 0 radical (unpaired) electrons. The Morgan fingerprint density at radius 1 is 1.30 bits per heavy atom. The van der Waals surface area contributed by atoms with Crippen LogP contribution in [0.25, 0.3) is 0 Å². The van der Waals surface area contributed by atoms with E-state index in [1.807, 2.05) is 0 Å². The van der Waals surface area contributed by atoms with Crippen molar-refractivity contribution in [1.82, 2.24) is 15.3 Å². The molecule has 0 saturated heterocycles. The second kappa shape index (κ2) is 8.01. The lowest BCUT2D eigenvalue weighted by molar-refractivity contribution is -0.119. The van der Waals surface area contributed by atoms with E-state index in [4.69, 9.17) is 4.74 Å². The standard InChI is InChI=1S/C12H19F3N4O/c1-3-19(9-12(13,14)15)11-17-7-10(8-18-11)6-16-4-5-20-2/h7-8,16H,3-6,9H2,1-2H3. The minimum atomic E-state index is -4.26. The third kappa shape index (κ3) is 6.16. The summed E-state index contributed by atoms with van der Waals surface area (Å²) in [7, 11) is 1.61. The number of halogens is 3. The van der Waals surface area contributed by atoms with Crippen LogP contribution in [-0.2, 0) is 11.3 Å². The van der Waals surface area contributed by atoms with Gasteiger partial charge in [-0.3, -0.25) is 0 Å². The fourth-order valence-electron chi connectivity index (χ4n) is 1.55. The first-order chi connectivity index (χ1) is 9.46. The van der Waals surface area contributed by atoms with Gasteiger partial charge in [0.2, 0.25) is 5.95 Å². The van der Waals surface area contributed by atoms with Gasteiger partial charge in [-0.1, -0.05) is 0 Å². The molecule has 0 fully saturated rings. The van der Waals surface area contributed by atoms with E-state index in [-0.39, 0.29) is 12.5 Å². The summed E-state index contributed by atoms with van der Waals surface area (Å²) >= 11 is 0. The molecule has 0 amide bonds. The Bertz CT molecular complexity index is 383. The largest absolute Gasteiger partial charge is 0.406 e. The number of rotatable bonds is 8. The Hall–Kier alpha value is -1.41. The molecule has 20 heavy (non-hydrogen) atoms. The van der Waals surface area contributed by atoms with Crippen LogP contribution in [0.5, 0.6) is 0 Å². The van der Waals surface area contributed by atoms with E-state index >= 15 is 0 Å². The number of anilines is 1. The van der Waals surface area contributed by atoms with Crippen LogP contribution in [0.4, 0.5) is 19.1 Å². The molecule has 1 N–H and O–H groups in total. The summed E-state index contributed by atoms with van der Waals surface area (Å²) < 4.78 is 42.0. The molecular formula is C12H19F3N4O. The Morgan fingerprint density at radius 3 is 2.45 bits per heavy atom. The van der Waals surface area contributed by atoms with Crippen LogP contribution in [0.1, 0.15) is 12.5 Å². The third-order valence-electron chi connectivity index (χ3n) is 2.54. The molecule has 0 spiro atoms. The highest BCUT2D eigenvalue weighted by Gasteiger charge is 2.31. The van der Waals surface area contributed by atoms with Crippen LogP contribution < -0.4 is 10.2 Å². The first kappa shape index (κ1) is 16.6. The van der Waals surface area contributed by atoms with Crippen molar-refractivity contribution in [3.63, 3.8) is 0 Å². The molecule has 0 saturated carbocycles. The second-order valence-corrected chi connectivity index (χ2v) is 4.19. The smallest absolute Gasteiger partial charge is 0.383 e. The minimum Gasteiger partial charge on any atom is -0.383 e. The zero-order valence-corrected chi connectivity index (χ0v) is 11.6. The van der Waals surface area contributed by atoms with E-state index in [0.29, 0.717) is 19.7 Å². The van der Waals surface area contributed by atoms with Gasteiger partial charge in [0.05, 0.1) is 6.61 Å². The minimum absolute atomic E-state index is 0.0884. The number of ether oxygens (including phenoxy) is 1. The maximum absolute atomic E-state index is 12.4. The van der Waals surface area contributed by atoms with Gasteiger partial charge in [0.15, 0.2) is 0 Å². The predicted octanol–water partition coefficient (Wildman–Crippen LogP) is 1.60. The number of hydrogen-bond donors (Lipinski definition) is 1. The van der Waals surface area contributed by atoms with Crippen molar-refractivity contribution in [3.8, 4) is 0 Å². The van der Waals surface area contributed by atoms with Crippen molar-refractivity contribution >= 4 is 5.95 Å². The Labute approximate surface area is 116 Å². The molecule has 0 aromatic carbocycles. The van der Waals surface area contributed by atoms with Crippen molar-refractivity contribution in [2.75, 3.05) is 38.3 Å². The van der Waals surface area contributed by atoms with Crippen LogP contribution in [0.15, 0.2) is 12.4 Å². The Balaban J connectivity index is 2.55. The molecule has 1 aromatic heterocycles. The SMILES string of the molecule is CCN(CC(F)(F)F)c1ncc(CNCCOC)cn1. The summed E-state index contributed by atoms with van der Waals surface area (Å²) in [5.41, 5.74) is 0.813. The molecular weight excluding hydrogens is 273 g/mol. The van der Waals surface area contributed by atoms with E-state index < -0.39 is 12.7 Å². The van der Waals surface area contributed by atoms with E-state index in [9.17, 15) is 13.2 Å². The van der Waals surface area contributed by atoms with Crippen molar-refractivity contribution in [3.05, 3.63) is 18.0 Å². The van der Waals surface area contributed by atoms with Crippen molar-refractivity contribution in [2.24, 2.45) is 0 Å². The molecule has 1 aromatic rings. The molecule has 0 bridgehead atoms. The number of nitrogens with zero attached hydrogens (tertiary/aromatic N) is 3. The number of alkyl halides is 3. The molecule has 0 aliphatic heterocycles. The molecule has 0 unspecified atom stereocenters. The monoisotopic (exact) mass is 292 g/mol. The molecule has 0 aliphatic rings. The highest BCUT2D eigenvalue weighted by molar-refractivity contribution is 5.29. The predicted molar refractivity (Wildman–Crippen MR) is 69.6 cm³/mol. The highest BCUT2D eigenvalue weighted by Crippen LogP contribution is 2.19. The Kier molecular flexibility index (Phi) is 6.66. The summed E-state index contributed by atoms with van der Waals surface area (Å²) in [6.07, 6.45) is -1.21. The topological polar surface area (TPSA) is 50.3 Å². The molecule has 114 valence electrons. The molecule has 0 atom stereocenters. The summed E-state index contributed by atoms with van der Waals surface area (Å²) in [6.45, 7) is 2.62. The van der Waals surface area contributed by atoms with Gasteiger partial charge in [-0.2, -0.15) is 13.2 Å². The van der Waals surface area contributed by atoms with Gasteiger partial charge in [-0.25, -0.2) is 9.97 Å². The molecule has 1 heterocycles. The van der Waals surface area contributed by atoms with Gasteiger partial charge in [-0.05, 0) is 6.92 Å². The molecule has 0 aliphatic carbocycles. The van der Waals surface area contributed by atoms with Crippen molar-refractivity contribution < 1.29 is 17.9 Å². The van der Waals surface area contributed by atoms with E-state index in [2.05, 4.69) is 15.3 Å². The van der Waals surface area contributed by atoms with Gasteiger partial charge < -0.3 is 15.0 Å². The van der Waals surface area contributed by atoms with Crippen LogP contribution in [0.3, 0.4) is 0 Å². The quantitative estimate of drug-likeness (QED) is 0.738. The van der Waals surface area contributed by atoms with Crippen LogP contribution in [0, 0.1) is 0 Å². The van der Waals surface area contributed by atoms with Crippen molar-refractivity contribution in [2.45, 2.75) is 19.6 Å². The van der Waals surface area contributed by atoms with E-state index in [1.54, 1.807) is 14.0 Å². The normalized spacial score (nSPS) is 11.7. The molecule has 5 nitrogen and oxygen atoms in total. The van der Waals surface area contributed by atoms with Gasteiger partial charge in [0, 0.05) is 44.7 Å². The first-order valence-corrected chi connectivity index (χ1v) is 6.28. The molecule has 1 rings (SSSR count). The number of nitrogens with one attached hydrogen (secondary N) is 1. The fraction of sp³-hybridized carbons (Fsp3) is 0.667. The number of methoxy groups -OCH3 is 1. The van der Waals surface area contributed by atoms with Crippen LogP contribution in [-0.4, -0.2) is 49.5 Å². The lowest BCUT2D eigenvalue weighted by Gasteiger charge is -2.22. The average Bonchev–Trinajstić information content (AvgIpc) is 2.41. The first-order valence-electron chi connectivity index (χ1n) is 6.28. The van der Waals surface area contributed by atoms with Crippen LogP contribution >= 0.6 is 0 Å². The summed E-state index contributed by atoms with van der Waals surface area (Å²) in [5.74, 6) is 0.0884. The van der Waals surface area contributed by atoms with Crippen LogP contribution in [0.2, 0.25) is 0 Å². The summed E-state index contributed by atoms with van der Waals surface area (Å²) in [6, 6.07) is 0. The van der Waals surface area contributed by atoms with E-state index in [1.165, 1.54) is 12.4 Å². The molecule has 8 heteroatoms. The lowest BCUT2D eigenvalue weighted by Crippen LogP contribution is -2.35. The van der Waals surface area contributed by atoms with Gasteiger partial charge in [0.1, 0.15) is 6.54 Å². The van der Waals surface area contributed by atoms with E-state index in [0.717, 1.165) is 10.5 Å². The Morgan fingerprint density at radius 2 is 1.95 bits per heavy atom. The van der Waals surface area contributed by atoms with Gasteiger partial charge in [0.25, 0.3) is 0 Å². The number of hydrogen-bond acceptors (Lipinski definition) is 5. The summed E-state index contributed by atoms with van der Waals surface area (Å²) in [5, 5.41) is 3.10.